The van der Waals surface area contributed by atoms with Crippen molar-refractivity contribution in [3.8, 4) is 5.75 Å². The molecule has 3 aromatic rings. The van der Waals surface area contributed by atoms with Crippen LogP contribution in [0.5, 0.6) is 5.75 Å². The first-order valence-corrected chi connectivity index (χ1v) is 8.65. The molecule has 0 aliphatic heterocycles. The minimum Gasteiger partial charge on any atom is -0.422 e. The second-order valence-corrected chi connectivity index (χ2v) is 6.61. The predicted molar refractivity (Wildman–Crippen MR) is 99.6 cm³/mol. The second-order valence-electron chi connectivity index (χ2n) is 5.66. The van der Waals surface area contributed by atoms with E-state index < -0.39 is 5.97 Å². The van der Waals surface area contributed by atoms with Gasteiger partial charge in [-0.25, -0.2) is 4.79 Å². The zero-order valence-corrected chi connectivity index (χ0v) is 14.7. The third kappa shape index (κ3) is 4.14. The molecule has 0 saturated carbocycles. The van der Waals surface area contributed by atoms with E-state index in [2.05, 4.69) is 5.32 Å². The van der Waals surface area contributed by atoms with Crippen molar-refractivity contribution in [3.63, 3.8) is 0 Å². The quantitative estimate of drug-likeness (QED) is 0.541. The Morgan fingerprint density at radius 1 is 1.00 bits per heavy atom. The van der Waals surface area contributed by atoms with Gasteiger partial charge in [0.25, 0.3) is 5.91 Å². The Hall–Kier alpha value is -2.92. The minimum atomic E-state index is -0.400. The van der Waals surface area contributed by atoms with Crippen LogP contribution in [0, 0.1) is 13.8 Å². The summed E-state index contributed by atoms with van der Waals surface area (Å²) in [5.74, 6) is -0.200. The van der Waals surface area contributed by atoms with E-state index in [0.29, 0.717) is 16.2 Å². The number of hydrogen-bond acceptors (Lipinski definition) is 4. The standard InChI is InChI=1S/C20H17NO3S/c1-13-5-6-14(2)17(12-13)21-19(22)15-7-9-16(10-8-15)24-20(23)18-4-3-11-25-18/h3-12H,1-2H3,(H,21,22). The maximum absolute atomic E-state index is 12.4. The summed E-state index contributed by atoms with van der Waals surface area (Å²) >= 11 is 1.32. The van der Waals surface area contributed by atoms with E-state index in [9.17, 15) is 9.59 Å². The Balaban J connectivity index is 1.68. The van der Waals surface area contributed by atoms with E-state index in [4.69, 9.17) is 4.74 Å². The van der Waals surface area contributed by atoms with Crippen LogP contribution >= 0.6 is 11.3 Å². The van der Waals surface area contributed by atoms with Gasteiger partial charge in [0.1, 0.15) is 10.6 Å². The van der Waals surface area contributed by atoms with Crippen LogP contribution in [0.3, 0.4) is 0 Å². The third-order valence-electron chi connectivity index (χ3n) is 3.69. The Bertz CT molecular complexity index is 899. The Kier molecular flexibility index (Phi) is 4.95. The molecule has 0 unspecified atom stereocenters. The van der Waals surface area contributed by atoms with Crippen LogP contribution in [0.4, 0.5) is 5.69 Å². The molecule has 1 N–H and O–H groups in total. The molecule has 0 saturated heterocycles. The number of carbonyl (C=O) groups is 2. The summed E-state index contributed by atoms with van der Waals surface area (Å²) in [6.45, 7) is 3.92. The lowest BCUT2D eigenvalue weighted by Crippen LogP contribution is -2.13. The van der Waals surface area contributed by atoms with Crippen LogP contribution in [0.25, 0.3) is 0 Å². The molecule has 0 spiro atoms. The summed E-state index contributed by atoms with van der Waals surface area (Å²) in [6, 6.07) is 15.9. The normalized spacial score (nSPS) is 10.3. The lowest BCUT2D eigenvalue weighted by Gasteiger charge is -2.10. The molecule has 0 radical (unpaired) electrons. The zero-order valence-electron chi connectivity index (χ0n) is 13.9. The molecule has 0 fully saturated rings. The highest BCUT2D eigenvalue weighted by Crippen LogP contribution is 2.19. The molecule has 25 heavy (non-hydrogen) atoms. The van der Waals surface area contributed by atoms with Crippen molar-refractivity contribution in [2.75, 3.05) is 5.32 Å². The van der Waals surface area contributed by atoms with Gasteiger partial charge in [0.2, 0.25) is 0 Å². The molecule has 1 amide bonds. The maximum Gasteiger partial charge on any atom is 0.353 e. The lowest BCUT2D eigenvalue weighted by atomic mass is 10.1. The topological polar surface area (TPSA) is 55.4 Å². The first-order valence-electron chi connectivity index (χ1n) is 7.77. The van der Waals surface area contributed by atoms with Crippen LogP contribution in [-0.4, -0.2) is 11.9 Å². The Morgan fingerprint density at radius 2 is 1.76 bits per heavy atom. The molecular formula is C20H17NO3S. The summed E-state index contributed by atoms with van der Waals surface area (Å²) in [7, 11) is 0. The molecule has 126 valence electrons. The summed E-state index contributed by atoms with van der Waals surface area (Å²) < 4.78 is 5.29. The van der Waals surface area contributed by atoms with Crippen LogP contribution in [0.2, 0.25) is 0 Å². The van der Waals surface area contributed by atoms with Gasteiger partial charge in [-0.05, 0) is 66.8 Å². The number of ether oxygens (including phenoxy) is 1. The fourth-order valence-corrected chi connectivity index (χ4v) is 2.89. The minimum absolute atomic E-state index is 0.204. The average Bonchev–Trinajstić information content (AvgIpc) is 3.13. The predicted octanol–water partition coefficient (Wildman–Crippen LogP) is 4.84. The highest BCUT2D eigenvalue weighted by atomic mass is 32.1. The van der Waals surface area contributed by atoms with Crippen LogP contribution in [-0.2, 0) is 0 Å². The van der Waals surface area contributed by atoms with Gasteiger partial charge in [-0.1, -0.05) is 18.2 Å². The number of thiophene rings is 1. The number of nitrogens with one attached hydrogen (secondary N) is 1. The summed E-state index contributed by atoms with van der Waals surface area (Å²) in [5, 5.41) is 4.72. The van der Waals surface area contributed by atoms with Gasteiger partial charge in [-0.2, -0.15) is 0 Å². The SMILES string of the molecule is Cc1ccc(C)c(NC(=O)c2ccc(OC(=O)c3cccs3)cc2)c1. The molecule has 1 heterocycles. The first kappa shape index (κ1) is 16.9. The third-order valence-corrected chi connectivity index (χ3v) is 4.54. The monoisotopic (exact) mass is 351 g/mol. The lowest BCUT2D eigenvalue weighted by molar-refractivity contribution is 0.0740. The number of amides is 1. The second kappa shape index (κ2) is 7.32. The fourth-order valence-electron chi connectivity index (χ4n) is 2.29. The molecule has 0 bridgehead atoms. The van der Waals surface area contributed by atoms with Gasteiger partial charge in [0.15, 0.2) is 0 Å². The Labute approximate surface area is 150 Å². The van der Waals surface area contributed by atoms with Crippen LogP contribution in [0.15, 0.2) is 60.0 Å². The van der Waals surface area contributed by atoms with Crippen molar-refractivity contribution in [1.82, 2.24) is 0 Å². The molecule has 0 aliphatic carbocycles. The maximum atomic E-state index is 12.4. The number of esters is 1. The summed E-state index contributed by atoms with van der Waals surface area (Å²) in [5.41, 5.74) is 3.37. The van der Waals surface area contributed by atoms with E-state index in [1.165, 1.54) is 11.3 Å². The van der Waals surface area contributed by atoms with Crippen molar-refractivity contribution in [2.45, 2.75) is 13.8 Å². The molecule has 0 aliphatic rings. The number of aryl methyl sites for hydroxylation is 2. The van der Waals surface area contributed by atoms with Gasteiger partial charge in [0, 0.05) is 11.3 Å². The van der Waals surface area contributed by atoms with E-state index in [1.54, 1.807) is 36.4 Å². The highest BCUT2D eigenvalue weighted by Gasteiger charge is 2.11. The molecule has 3 rings (SSSR count). The van der Waals surface area contributed by atoms with Crippen molar-refractivity contribution in [2.24, 2.45) is 0 Å². The van der Waals surface area contributed by atoms with Gasteiger partial charge < -0.3 is 10.1 Å². The molecule has 1 aromatic heterocycles. The van der Waals surface area contributed by atoms with Crippen molar-refractivity contribution in [3.05, 3.63) is 81.5 Å². The smallest absolute Gasteiger partial charge is 0.353 e. The van der Waals surface area contributed by atoms with Crippen molar-refractivity contribution < 1.29 is 14.3 Å². The fraction of sp³-hybridized carbons (Fsp3) is 0.100. The van der Waals surface area contributed by atoms with Gasteiger partial charge in [-0.3, -0.25) is 4.79 Å². The van der Waals surface area contributed by atoms with Gasteiger partial charge in [0.05, 0.1) is 0 Å². The number of carbonyl (C=O) groups excluding carboxylic acids is 2. The number of benzene rings is 2. The largest absolute Gasteiger partial charge is 0.422 e. The molecule has 2 aromatic carbocycles. The molecular weight excluding hydrogens is 334 g/mol. The van der Waals surface area contributed by atoms with Crippen LogP contribution in [0.1, 0.15) is 31.2 Å². The number of anilines is 1. The number of rotatable bonds is 4. The van der Waals surface area contributed by atoms with Gasteiger partial charge in [-0.15, -0.1) is 11.3 Å². The van der Waals surface area contributed by atoms with E-state index in [-0.39, 0.29) is 5.91 Å². The average molecular weight is 351 g/mol. The van der Waals surface area contributed by atoms with Crippen molar-refractivity contribution >= 4 is 28.9 Å². The molecule has 4 nitrogen and oxygen atoms in total. The summed E-state index contributed by atoms with van der Waals surface area (Å²) in [4.78, 5) is 24.8. The Morgan fingerprint density at radius 3 is 2.44 bits per heavy atom. The zero-order chi connectivity index (χ0) is 17.8. The number of hydrogen-bond donors (Lipinski definition) is 1. The van der Waals surface area contributed by atoms with E-state index >= 15 is 0 Å². The van der Waals surface area contributed by atoms with E-state index in [0.717, 1.165) is 16.8 Å². The first-order chi connectivity index (χ1) is 12.0. The van der Waals surface area contributed by atoms with Crippen LogP contribution < -0.4 is 10.1 Å². The van der Waals surface area contributed by atoms with Crippen molar-refractivity contribution in [1.29, 1.82) is 0 Å². The summed E-state index contributed by atoms with van der Waals surface area (Å²) in [6.07, 6.45) is 0. The molecule has 0 atom stereocenters. The molecule has 5 heteroatoms. The highest BCUT2D eigenvalue weighted by molar-refractivity contribution is 7.12. The van der Waals surface area contributed by atoms with E-state index in [1.807, 2.05) is 37.4 Å². The van der Waals surface area contributed by atoms with Gasteiger partial charge >= 0.3 is 5.97 Å².